The van der Waals surface area contributed by atoms with Crippen molar-refractivity contribution in [2.45, 2.75) is 19.9 Å². The van der Waals surface area contributed by atoms with Gasteiger partial charge in [-0.2, -0.15) is 0 Å². The van der Waals surface area contributed by atoms with Gasteiger partial charge in [0.2, 0.25) is 6.79 Å². The van der Waals surface area contributed by atoms with E-state index in [4.69, 9.17) is 14.2 Å². The van der Waals surface area contributed by atoms with Crippen LogP contribution in [0.25, 0.3) is 6.08 Å². The summed E-state index contributed by atoms with van der Waals surface area (Å²) in [4.78, 5) is 44.0. The lowest BCUT2D eigenvalue weighted by atomic mass is 9.95. The predicted octanol–water partition coefficient (Wildman–Crippen LogP) is 3.91. The van der Waals surface area contributed by atoms with Crippen molar-refractivity contribution in [1.29, 1.82) is 0 Å². The quantitative estimate of drug-likeness (QED) is 0.257. The number of carbonyl (C=O) groups is 1. The number of amides is 1. The van der Waals surface area contributed by atoms with Gasteiger partial charge in [-0.05, 0) is 55.8 Å². The fourth-order valence-corrected chi connectivity index (χ4v) is 5.96. The molecule has 1 atom stereocenters. The summed E-state index contributed by atoms with van der Waals surface area (Å²) in [5.74, 6) is 0.866. The Labute approximate surface area is 242 Å². The molecule has 1 amide bonds. The Balaban J connectivity index is 1.51. The molecule has 2 aliphatic heterocycles. The molecule has 0 aliphatic carbocycles. The second kappa shape index (κ2) is 11.0. The van der Waals surface area contributed by atoms with Crippen LogP contribution in [0.3, 0.4) is 0 Å². The average Bonchev–Trinajstić information content (AvgIpc) is 3.56. The number of nitro benzene ring substituents is 1. The lowest BCUT2D eigenvalue weighted by Crippen LogP contribution is -2.40. The highest BCUT2D eigenvalue weighted by Crippen LogP contribution is 2.38. The molecular formula is C30H24N4O7S. The second-order valence-corrected chi connectivity index (χ2v) is 10.4. The molecule has 3 heterocycles. The molecule has 0 saturated heterocycles. The third-order valence-electron chi connectivity index (χ3n) is 6.81. The molecule has 11 nitrogen and oxygen atoms in total. The number of carbonyl (C=O) groups excluding carboxylic acids is 1. The van der Waals surface area contributed by atoms with Crippen molar-refractivity contribution >= 4 is 34.7 Å². The van der Waals surface area contributed by atoms with E-state index in [0.717, 1.165) is 11.3 Å². The molecule has 4 aromatic rings. The number of fused-ring (bicyclic) bond motifs is 2. The molecule has 0 bridgehead atoms. The number of hydrogen-bond acceptors (Lipinski definition) is 9. The number of nitrogens with zero attached hydrogens (tertiary/aromatic N) is 3. The van der Waals surface area contributed by atoms with Gasteiger partial charge < -0.3 is 19.5 Å². The molecule has 0 radical (unpaired) electrons. The predicted molar refractivity (Wildman–Crippen MR) is 156 cm³/mol. The number of aromatic nitrogens is 1. The van der Waals surface area contributed by atoms with Crippen LogP contribution in [0.4, 0.5) is 11.4 Å². The molecule has 0 unspecified atom stereocenters. The second-order valence-electron chi connectivity index (χ2n) is 9.43. The molecule has 3 aromatic carbocycles. The van der Waals surface area contributed by atoms with E-state index in [2.05, 4.69) is 10.3 Å². The third kappa shape index (κ3) is 4.92. The molecule has 1 aromatic heterocycles. The van der Waals surface area contributed by atoms with Crippen LogP contribution >= 0.6 is 11.3 Å². The number of anilines is 1. The number of benzene rings is 3. The maximum Gasteiger partial charge on any atom is 0.280 e. The van der Waals surface area contributed by atoms with E-state index >= 15 is 0 Å². The van der Waals surface area contributed by atoms with E-state index < -0.39 is 22.4 Å². The Hall–Kier alpha value is -5.23. The summed E-state index contributed by atoms with van der Waals surface area (Å²) in [5, 5.41) is 14.8. The van der Waals surface area contributed by atoms with E-state index in [9.17, 15) is 19.7 Å². The summed E-state index contributed by atoms with van der Waals surface area (Å²) in [6.07, 6.45) is 1.45. The van der Waals surface area contributed by atoms with Crippen LogP contribution in [0.5, 0.6) is 17.2 Å². The molecular weight excluding hydrogens is 560 g/mol. The van der Waals surface area contributed by atoms with Crippen LogP contribution in [0.2, 0.25) is 0 Å². The topological polar surface area (TPSA) is 134 Å². The molecule has 2 aliphatic rings. The Bertz CT molecular complexity index is 1930. The Morgan fingerprint density at radius 3 is 2.57 bits per heavy atom. The summed E-state index contributed by atoms with van der Waals surface area (Å²) in [6, 6.07) is 18.1. The number of ether oxygens (including phenoxy) is 3. The number of hydrogen-bond donors (Lipinski definition) is 1. The summed E-state index contributed by atoms with van der Waals surface area (Å²) in [6.45, 7) is 4.05. The Morgan fingerprint density at radius 2 is 1.88 bits per heavy atom. The van der Waals surface area contributed by atoms with Crippen molar-refractivity contribution in [2.24, 2.45) is 4.99 Å². The Morgan fingerprint density at radius 1 is 1.17 bits per heavy atom. The van der Waals surface area contributed by atoms with Crippen LogP contribution in [0.1, 0.15) is 31.0 Å². The highest BCUT2D eigenvalue weighted by Gasteiger charge is 2.33. The van der Waals surface area contributed by atoms with Crippen molar-refractivity contribution in [3.05, 3.63) is 119 Å². The first-order valence-corrected chi connectivity index (χ1v) is 13.9. The van der Waals surface area contributed by atoms with Gasteiger partial charge in [-0.3, -0.25) is 24.3 Å². The van der Waals surface area contributed by atoms with Gasteiger partial charge in [0.05, 0.1) is 45.0 Å². The Kier molecular flexibility index (Phi) is 7.05. The largest absolute Gasteiger partial charge is 0.494 e. The first-order valence-electron chi connectivity index (χ1n) is 13.0. The fraction of sp³-hybridized carbons (Fsp3) is 0.167. The van der Waals surface area contributed by atoms with Crippen LogP contribution < -0.4 is 34.4 Å². The van der Waals surface area contributed by atoms with Crippen molar-refractivity contribution in [1.82, 2.24) is 4.57 Å². The third-order valence-corrected chi connectivity index (χ3v) is 7.79. The minimum absolute atomic E-state index is 0.0483. The number of nitrogens with one attached hydrogen (secondary N) is 1. The summed E-state index contributed by atoms with van der Waals surface area (Å²) >= 11 is 1.08. The summed E-state index contributed by atoms with van der Waals surface area (Å²) in [7, 11) is 0. The number of nitro groups is 1. The normalized spacial score (nSPS) is 15.7. The van der Waals surface area contributed by atoms with Crippen molar-refractivity contribution < 1.29 is 23.9 Å². The lowest BCUT2D eigenvalue weighted by molar-refractivity contribution is -0.385. The first-order chi connectivity index (χ1) is 20.3. The molecule has 12 heteroatoms. The molecule has 212 valence electrons. The summed E-state index contributed by atoms with van der Waals surface area (Å²) < 4.78 is 18.0. The standard InChI is InChI=1S/C30H24N4O7S/c1-3-39-21-11-9-18(10-12-21)27-26(28(35)32-20-7-5-4-6-8-20)17(2)31-30-33(27)29(36)25(42-30)14-19-13-23-24(41-16-40-23)15-22(19)34(37)38/h4-15,27H,3,16H2,1-2H3,(H,32,35)/b25-14-/t27-/m0/s1. The number of rotatable bonds is 7. The van der Waals surface area contributed by atoms with E-state index in [1.165, 1.54) is 22.8 Å². The van der Waals surface area contributed by atoms with Gasteiger partial charge in [-0.25, -0.2) is 4.99 Å². The van der Waals surface area contributed by atoms with Gasteiger partial charge in [0.1, 0.15) is 5.75 Å². The van der Waals surface area contributed by atoms with Crippen molar-refractivity contribution in [2.75, 3.05) is 18.7 Å². The van der Waals surface area contributed by atoms with Crippen LogP contribution in [0.15, 0.2) is 87.8 Å². The molecule has 0 saturated carbocycles. The smallest absolute Gasteiger partial charge is 0.280 e. The van der Waals surface area contributed by atoms with E-state index in [1.807, 2.05) is 37.3 Å². The highest BCUT2D eigenvalue weighted by atomic mass is 32.1. The summed E-state index contributed by atoms with van der Waals surface area (Å²) in [5.41, 5.74) is 1.54. The highest BCUT2D eigenvalue weighted by molar-refractivity contribution is 7.07. The zero-order chi connectivity index (χ0) is 29.4. The molecule has 0 spiro atoms. The van der Waals surface area contributed by atoms with Gasteiger partial charge in [0.15, 0.2) is 16.3 Å². The van der Waals surface area contributed by atoms with Crippen LogP contribution in [0, 0.1) is 10.1 Å². The van der Waals surface area contributed by atoms with Crippen molar-refractivity contribution in [3.63, 3.8) is 0 Å². The number of para-hydroxylation sites is 1. The monoisotopic (exact) mass is 584 g/mol. The van der Waals surface area contributed by atoms with Crippen LogP contribution in [-0.4, -0.2) is 28.8 Å². The van der Waals surface area contributed by atoms with Gasteiger partial charge in [0.25, 0.3) is 17.2 Å². The van der Waals surface area contributed by atoms with E-state index in [0.29, 0.717) is 45.4 Å². The molecule has 1 N–H and O–H groups in total. The lowest BCUT2D eigenvalue weighted by Gasteiger charge is -2.25. The molecule has 6 rings (SSSR count). The van der Waals surface area contributed by atoms with E-state index in [-0.39, 0.29) is 28.3 Å². The fourth-order valence-electron chi connectivity index (χ4n) is 4.92. The average molecular weight is 585 g/mol. The van der Waals surface area contributed by atoms with Gasteiger partial charge in [0, 0.05) is 5.69 Å². The van der Waals surface area contributed by atoms with Gasteiger partial charge >= 0.3 is 0 Å². The van der Waals surface area contributed by atoms with Gasteiger partial charge in [-0.15, -0.1) is 0 Å². The maximum absolute atomic E-state index is 14.0. The van der Waals surface area contributed by atoms with Crippen molar-refractivity contribution in [3.8, 4) is 17.2 Å². The van der Waals surface area contributed by atoms with E-state index in [1.54, 1.807) is 31.2 Å². The zero-order valence-electron chi connectivity index (χ0n) is 22.5. The maximum atomic E-state index is 14.0. The molecule has 0 fully saturated rings. The minimum Gasteiger partial charge on any atom is -0.494 e. The van der Waals surface area contributed by atoms with Crippen LogP contribution in [-0.2, 0) is 4.79 Å². The van der Waals surface area contributed by atoms with Gasteiger partial charge in [-0.1, -0.05) is 41.7 Å². The zero-order valence-corrected chi connectivity index (χ0v) is 23.3. The molecule has 42 heavy (non-hydrogen) atoms. The first kappa shape index (κ1) is 27.0. The minimum atomic E-state index is -0.811. The SMILES string of the molecule is CCOc1ccc([C@H]2C(C(=O)Nc3ccccc3)=C(C)N=c3s/c(=C\c4cc5c(cc4[N+](=O)[O-])OCO5)c(=O)n32)cc1. The number of thiazole rings is 1. The number of allylic oxidation sites excluding steroid dienone is 1.